The van der Waals surface area contributed by atoms with Gasteiger partial charge in [0.2, 0.25) is 5.91 Å². The van der Waals surface area contributed by atoms with Crippen LogP contribution in [0, 0.1) is 0 Å². The molecule has 0 saturated carbocycles. The molecule has 1 atom stereocenters. The summed E-state index contributed by atoms with van der Waals surface area (Å²) in [6.07, 6.45) is 0. The lowest BCUT2D eigenvalue weighted by Gasteiger charge is -2.20. The second-order valence-corrected chi connectivity index (χ2v) is 5.41. The lowest BCUT2D eigenvalue weighted by molar-refractivity contribution is -0.129. The molecule has 0 saturated heterocycles. The zero-order valence-electron chi connectivity index (χ0n) is 11.0. The monoisotopic (exact) mass is 264 g/mol. The molecule has 1 aromatic rings. The summed E-state index contributed by atoms with van der Waals surface area (Å²) in [7, 11) is 0. The Balaban J connectivity index is 1.91. The molecule has 18 heavy (non-hydrogen) atoms. The van der Waals surface area contributed by atoms with Gasteiger partial charge in [-0.2, -0.15) is 0 Å². The minimum absolute atomic E-state index is 0.189. The van der Waals surface area contributed by atoms with Crippen molar-refractivity contribution in [2.24, 2.45) is 0 Å². The summed E-state index contributed by atoms with van der Waals surface area (Å²) in [4.78, 5) is 15.1. The quantitative estimate of drug-likeness (QED) is 0.885. The smallest absolute Gasteiger partial charge is 0.236 e. The van der Waals surface area contributed by atoms with Crippen molar-refractivity contribution in [3.05, 3.63) is 29.8 Å². The maximum Gasteiger partial charge on any atom is 0.236 e. The number of benzene rings is 1. The first-order valence-electron chi connectivity index (χ1n) is 6.49. The maximum absolute atomic E-state index is 11.9. The molecule has 0 spiro atoms. The largest absolute Gasteiger partial charge is 0.342 e. The van der Waals surface area contributed by atoms with Gasteiger partial charge in [-0.25, -0.2) is 0 Å². The Labute approximate surface area is 113 Å². The highest BCUT2D eigenvalue weighted by molar-refractivity contribution is 7.99. The normalized spacial score (nSPS) is 17.6. The first-order valence-corrected chi connectivity index (χ1v) is 7.47. The fourth-order valence-electron chi connectivity index (χ4n) is 2.23. The highest BCUT2D eigenvalue weighted by Crippen LogP contribution is 2.37. The number of hydrogen-bond acceptors (Lipinski definition) is 3. The van der Waals surface area contributed by atoms with Gasteiger partial charge in [-0.15, -0.1) is 11.8 Å². The topological polar surface area (TPSA) is 32.3 Å². The SMILES string of the molecule is CCN(CC)C(=O)CNC1CSc2ccccc21. The molecule has 1 unspecified atom stereocenters. The van der Waals surface area contributed by atoms with E-state index in [2.05, 4.69) is 29.6 Å². The van der Waals surface area contributed by atoms with Crippen LogP contribution in [0.5, 0.6) is 0 Å². The first kappa shape index (κ1) is 13.4. The average molecular weight is 264 g/mol. The van der Waals surface area contributed by atoms with Crippen LogP contribution >= 0.6 is 11.8 Å². The Hall–Kier alpha value is -1.00. The van der Waals surface area contributed by atoms with Crippen molar-refractivity contribution in [2.75, 3.05) is 25.4 Å². The van der Waals surface area contributed by atoms with Crippen LogP contribution in [-0.4, -0.2) is 36.2 Å². The average Bonchev–Trinajstić information content (AvgIpc) is 2.81. The van der Waals surface area contributed by atoms with Gasteiger partial charge in [-0.1, -0.05) is 18.2 Å². The van der Waals surface area contributed by atoms with E-state index in [-0.39, 0.29) is 5.91 Å². The zero-order valence-corrected chi connectivity index (χ0v) is 11.8. The number of likely N-dealkylation sites (N-methyl/N-ethyl adjacent to an activating group) is 1. The molecule has 1 heterocycles. The number of amides is 1. The van der Waals surface area contributed by atoms with Crippen LogP contribution in [-0.2, 0) is 4.79 Å². The van der Waals surface area contributed by atoms with Crippen LogP contribution in [0.15, 0.2) is 29.2 Å². The van der Waals surface area contributed by atoms with Gasteiger partial charge in [0.15, 0.2) is 0 Å². The van der Waals surface area contributed by atoms with Gasteiger partial charge in [-0.05, 0) is 25.5 Å². The van der Waals surface area contributed by atoms with Crippen LogP contribution in [0.25, 0.3) is 0 Å². The standard InChI is InChI=1S/C14H20N2OS/c1-3-16(4-2)14(17)9-15-12-10-18-13-8-6-5-7-11(12)13/h5-8,12,15H,3-4,9-10H2,1-2H3. The van der Waals surface area contributed by atoms with Crippen LogP contribution in [0.1, 0.15) is 25.5 Å². The van der Waals surface area contributed by atoms with Gasteiger partial charge < -0.3 is 10.2 Å². The van der Waals surface area contributed by atoms with Gasteiger partial charge in [0.05, 0.1) is 6.54 Å². The number of nitrogens with one attached hydrogen (secondary N) is 1. The third kappa shape index (κ3) is 2.87. The number of rotatable bonds is 5. The number of nitrogens with zero attached hydrogens (tertiary/aromatic N) is 1. The Morgan fingerprint density at radius 3 is 2.83 bits per heavy atom. The minimum atomic E-state index is 0.189. The minimum Gasteiger partial charge on any atom is -0.342 e. The van der Waals surface area contributed by atoms with E-state index in [4.69, 9.17) is 0 Å². The van der Waals surface area contributed by atoms with Crippen molar-refractivity contribution < 1.29 is 4.79 Å². The number of carbonyl (C=O) groups excluding carboxylic acids is 1. The molecule has 1 amide bonds. The van der Waals surface area contributed by atoms with Gasteiger partial charge in [0, 0.05) is 29.8 Å². The Morgan fingerprint density at radius 1 is 1.39 bits per heavy atom. The fraction of sp³-hybridized carbons (Fsp3) is 0.500. The Morgan fingerprint density at radius 2 is 2.11 bits per heavy atom. The Bertz CT molecular complexity index is 418. The fourth-order valence-corrected chi connectivity index (χ4v) is 3.43. The first-order chi connectivity index (χ1) is 8.76. The van der Waals surface area contributed by atoms with E-state index in [0.29, 0.717) is 12.6 Å². The van der Waals surface area contributed by atoms with E-state index < -0.39 is 0 Å². The number of carbonyl (C=O) groups is 1. The van der Waals surface area contributed by atoms with Crippen LogP contribution in [0.4, 0.5) is 0 Å². The molecule has 0 bridgehead atoms. The van der Waals surface area contributed by atoms with Gasteiger partial charge in [0.1, 0.15) is 0 Å². The second-order valence-electron chi connectivity index (χ2n) is 4.35. The molecule has 2 rings (SSSR count). The molecule has 0 fully saturated rings. The number of fused-ring (bicyclic) bond motifs is 1. The molecule has 1 aliphatic heterocycles. The highest BCUT2D eigenvalue weighted by Gasteiger charge is 2.23. The molecular formula is C14H20N2OS. The summed E-state index contributed by atoms with van der Waals surface area (Å²) in [5, 5.41) is 3.37. The third-order valence-corrected chi connectivity index (χ3v) is 4.50. The lowest BCUT2D eigenvalue weighted by Crippen LogP contribution is -2.39. The molecule has 0 aromatic heterocycles. The van der Waals surface area contributed by atoms with E-state index in [1.54, 1.807) is 0 Å². The third-order valence-electron chi connectivity index (χ3n) is 3.32. The van der Waals surface area contributed by atoms with Crippen molar-refractivity contribution >= 4 is 17.7 Å². The lowest BCUT2D eigenvalue weighted by atomic mass is 10.1. The molecule has 1 aliphatic rings. The van der Waals surface area contributed by atoms with Crippen molar-refractivity contribution in [1.82, 2.24) is 10.2 Å². The van der Waals surface area contributed by atoms with Gasteiger partial charge >= 0.3 is 0 Å². The summed E-state index contributed by atoms with van der Waals surface area (Å²) in [6, 6.07) is 8.73. The molecule has 1 aromatic carbocycles. The maximum atomic E-state index is 11.9. The molecule has 98 valence electrons. The molecule has 3 nitrogen and oxygen atoms in total. The van der Waals surface area contributed by atoms with Crippen LogP contribution in [0.2, 0.25) is 0 Å². The predicted molar refractivity (Wildman–Crippen MR) is 75.8 cm³/mol. The van der Waals surface area contributed by atoms with Crippen molar-refractivity contribution in [3.8, 4) is 0 Å². The van der Waals surface area contributed by atoms with E-state index in [0.717, 1.165) is 18.8 Å². The molecular weight excluding hydrogens is 244 g/mol. The van der Waals surface area contributed by atoms with Crippen molar-refractivity contribution in [1.29, 1.82) is 0 Å². The van der Waals surface area contributed by atoms with E-state index >= 15 is 0 Å². The molecule has 0 radical (unpaired) electrons. The summed E-state index contributed by atoms with van der Waals surface area (Å²) >= 11 is 1.86. The van der Waals surface area contributed by atoms with Gasteiger partial charge in [0.25, 0.3) is 0 Å². The predicted octanol–water partition coefficient (Wildman–Crippen LogP) is 2.29. The number of hydrogen-bond donors (Lipinski definition) is 1. The Kier molecular flexibility index (Phi) is 4.66. The van der Waals surface area contributed by atoms with Crippen LogP contribution in [0.3, 0.4) is 0 Å². The van der Waals surface area contributed by atoms with Gasteiger partial charge in [-0.3, -0.25) is 4.79 Å². The van der Waals surface area contributed by atoms with Crippen molar-refractivity contribution in [3.63, 3.8) is 0 Å². The van der Waals surface area contributed by atoms with Crippen LogP contribution < -0.4 is 5.32 Å². The molecule has 4 heteroatoms. The van der Waals surface area contributed by atoms with E-state index in [1.807, 2.05) is 30.5 Å². The van der Waals surface area contributed by atoms with E-state index in [1.165, 1.54) is 10.5 Å². The zero-order chi connectivity index (χ0) is 13.0. The summed E-state index contributed by atoms with van der Waals surface area (Å²) < 4.78 is 0. The number of thioether (sulfide) groups is 1. The molecule has 0 aliphatic carbocycles. The second kappa shape index (κ2) is 6.25. The highest BCUT2D eigenvalue weighted by atomic mass is 32.2. The van der Waals surface area contributed by atoms with Crippen molar-refractivity contribution in [2.45, 2.75) is 24.8 Å². The molecule has 1 N–H and O–H groups in total. The summed E-state index contributed by atoms with van der Waals surface area (Å²) in [5.74, 6) is 1.21. The summed E-state index contributed by atoms with van der Waals surface area (Å²) in [6.45, 7) is 6.03. The summed E-state index contributed by atoms with van der Waals surface area (Å²) in [5.41, 5.74) is 1.33. The van der Waals surface area contributed by atoms with E-state index in [9.17, 15) is 4.79 Å².